The molecule has 49 heavy (non-hydrogen) atoms. The highest BCUT2D eigenvalue weighted by atomic mass is 32.3. The van der Waals surface area contributed by atoms with Gasteiger partial charge in [-0.1, -0.05) is 48.5 Å². The molecular formula is C32H24N4O11S2-2. The third kappa shape index (κ3) is 7.82. The van der Waals surface area contributed by atoms with Crippen molar-refractivity contribution in [2.45, 2.75) is 13.1 Å². The Morgan fingerprint density at radius 3 is 1.39 bits per heavy atom. The van der Waals surface area contributed by atoms with Gasteiger partial charge in [0.15, 0.2) is 0 Å². The molecule has 0 amide bonds. The monoisotopic (exact) mass is 704 g/mol. The van der Waals surface area contributed by atoms with Gasteiger partial charge in [0, 0.05) is 11.1 Å². The molecule has 15 nitrogen and oxygen atoms in total. The molecular weight excluding hydrogens is 681 g/mol. The lowest BCUT2D eigenvalue weighted by Crippen LogP contribution is -2.27. The molecule has 0 unspecified atom stereocenters. The van der Waals surface area contributed by atoms with E-state index >= 15 is 0 Å². The zero-order valence-electron chi connectivity index (χ0n) is 25.2. The van der Waals surface area contributed by atoms with E-state index in [0.717, 1.165) is 0 Å². The molecule has 0 aliphatic heterocycles. The molecule has 6 rings (SSSR count). The van der Waals surface area contributed by atoms with E-state index < -0.39 is 31.9 Å². The fourth-order valence-corrected chi connectivity index (χ4v) is 5.89. The number of hydrogen-bond donors (Lipinski definition) is 0. The first-order chi connectivity index (χ1) is 23.4. The number of nitrogens with zero attached hydrogens (tertiary/aromatic N) is 4. The summed E-state index contributed by atoms with van der Waals surface area (Å²) in [5, 5.41) is 0.658. The molecule has 0 atom stereocenters. The van der Waals surface area contributed by atoms with Crippen molar-refractivity contribution >= 4 is 42.6 Å². The first-order valence-corrected chi connectivity index (χ1v) is 17.1. The summed E-state index contributed by atoms with van der Waals surface area (Å²) in [6.45, 7) is -0.0445. The first kappa shape index (κ1) is 33.4. The molecule has 4 aromatic carbocycles. The largest absolute Gasteiger partial charge is 0.716 e. The van der Waals surface area contributed by atoms with Crippen LogP contribution in [0.25, 0.3) is 44.6 Å². The Labute approximate surface area is 278 Å². The summed E-state index contributed by atoms with van der Waals surface area (Å²) in [7, 11) is -10.1. The summed E-state index contributed by atoms with van der Waals surface area (Å²) in [4.78, 5) is 36.4. The topological polar surface area (TPSA) is 212 Å². The van der Waals surface area contributed by atoms with E-state index in [1.807, 2.05) is 0 Å². The molecule has 0 aliphatic carbocycles. The van der Waals surface area contributed by atoms with Gasteiger partial charge in [0.2, 0.25) is 0 Å². The molecule has 0 radical (unpaired) electrons. The number of ether oxygens (including phenoxy) is 1. The summed E-state index contributed by atoms with van der Waals surface area (Å²) in [5.41, 5.74) is 0.593. The molecule has 0 bridgehead atoms. The summed E-state index contributed by atoms with van der Waals surface area (Å²) >= 11 is 0. The number of rotatable bonds is 12. The molecule has 0 spiro atoms. The van der Waals surface area contributed by atoms with Crippen molar-refractivity contribution in [1.82, 2.24) is 19.1 Å². The van der Waals surface area contributed by atoms with E-state index in [0.29, 0.717) is 32.9 Å². The maximum atomic E-state index is 13.6. The Morgan fingerprint density at radius 2 is 0.980 bits per heavy atom. The molecule has 0 saturated carbocycles. The second-order valence-corrected chi connectivity index (χ2v) is 12.4. The maximum absolute atomic E-state index is 13.6. The van der Waals surface area contributed by atoms with Crippen LogP contribution in [0.2, 0.25) is 0 Å². The van der Waals surface area contributed by atoms with Gasteiger partial charge < -0.3 is 22.2 Å². The van der Waals surface area contributed by atoms with E-state index in [4.69, 9.17) is 4.74 Å². The highest BCUT2D eigenvalue weighted by Crippen LogP contribution is 2.26. The van der Waals surface area contributed by atoms with Crippen molar-refractivity contribution in [3.63, 3.8) is 0 Å². The van der Waals surface area contributed by atoms with Crippen molar-refractivity contribution < 1.29 is 39.0 Å². The molecule has 2 heterocycles. The van der Waals surface area contributed by atoms with Crippen molar-refractivity contribution in [1.29, 1.82) is 0 Å². The number of benzene rings is 4. The van der Waals surface area contributed by atoms with E-state index in [9.17, 15) is 35.5 Å². The van der Waals surface area contributed by atoms with Gasteiger partial charge in [-0.05, 0) is 48.5 Å². The Hall–Kier alpha value is -5.46. The average molecular weight is 705 g/mol. The number of hydrogen-bond acceptors (Lipinski definition) is 13. The van der Waals surface area contributed by atoms with Crippen LogP contribution in [0.15, 0.2) is 107 Å². The third-order valence-corrected chi connectivity index (χ3v) is 8.02. The van der Waals surface area contributed by atoms with Gasteiger partial charge in [0.25, 0.3) is 31.9 Å². The van der Waals surface area contributed by atoms with Gasteiger partial charge in [-0.25, -0.2) is 26.8 Å². The van der Waals surface area contributed by atoms with E-state index in [-0.39, 0.29) is 49.5 Å². The number of para-hydroxylation sites is 2. The van der Waals surface area contributed by atoms with Crippen LogP contribution in [-0.4, -0.2) is 58.3 Å². The maximum Gasteiger partial charge on any atom is 0.262 e. The Kier molecular flexibility index (Phi) is 9.26. The lowest BCUT2D eigenvalue weighted by Gasteiger charge is -2.16. The summed E-state index contributed by atoms with van der Waals surface area (Å²) < 4.78 is 84.6. The quantitative estimate of drug-likeness (QED) is 0.102. The van der Waals surface area contributed by atoms with Crippen LogP contribution in [0, 0.1) is 0 Å². The summed E-state index contributed by atoms with van der Waals surface area (Å²) in [6, 6.07) is 24.5. The average Bonchev–Trinajstić information content (AvgIpc) is 3.05. The van der Waals surface area contributed by atoms with Crippen LogP contribution in [-0.2, 0) is 38.6 Å². The van der Waals surface area contributed by atoms with Gasteiger partial charge >= 0.3 is 0 Å². The first-order valence-electron chi connectivity index (χ1n) is 14.4. The number of aromatic nitrogens is 4. The predicted octanol–water partition coefficient (Wildman–Crippen LogP) is 2.84. The molecule has 0 N–H and O–H groups in total. The number of fused-ring (bicyclic) bond motifs is 2. The van der Waals surface area contributed by atoms with Gasteiger partial charge in [0.05, 0.1) is 48.1 Å². The van der Waals surface area contributed by atoms with Gasteiger partial charge in [0.1, 0.15) is 23.1 Å². The lowest BCUT2D eigenvalue weighted by molar-refractivity contribution is 0.118. The fraction of sp³-hybridized carbons (Fsp3) is 0.125. The van der Waals surface area contributed by atoms with E-state index in [1.54, 1.807) is 60.7 Å². The van der Waals surface area contributed by atoms with Crippen LogP contribution in [0.1, 0.15) is 0 Å². The fourth-order valence-electron chi connectivity index (χ4n) is 5.22. The molecule has 6 aromatic rings. The second-order valence-electron chi connectivity index (χ2n) is 10.5. The van der Waals surface area contributed by atoms with Crippen molar-refractivity contribution in [3.05, 3.63) is 118 Å². The highest BCUT2D eigenvalue weighted by molar-refractivity contribution is 7.81. The minimum absolute atomic E-state index is 0.00226. The molecule has 0 saturated heterocycles. The normalized spacial score (nSPS) is 12.0. The third-order valence-electron chi connectivity index (χ3n) is 7.22. The van der Waals surface area contributed by atoms with E-state index in [1.165, 1.54) is 45.5 Å². The van der Waals surface area contributed by atoms with Crippen LogP contribution >= 0.6 is 0 Å². The van der Waals surface area contributed by atoms with E-state index in [2.05, 4.69) is 18.3 Å². The SMILES string of the molecule is O=c1c2ccccc2nc(-c2cccc(OS(=O)(=O)[O-])c2)n1CCOCCn1c(-c2cccc(OS(=O)(=O)[O-])c2)nc2ccccc2c1=O. The van der Waals surface area contributed by atoms with Crippen LogP contribution in [0.4, 0.5) is 0 Å². The van der Waals surface area contributed by atoms with Gasteiger partial charge in [-0.3, -0.25) is 18.7 Å². The van der Waals surface area contributed by atoms with Crippen LogP contribution in [0.5, 0.6) is 11.5 Å². The predicted molar refractivity (Wildman–Crippen MR) is 174 cm³/mol. The smallest absolute Gasteiger partial charge is 0.262 e. The molecule has 0 fully saturated rings. The summed E-state index contributed by atoms with van der Waals surface area (Å²) in [6.07, 6.45) is 0. The molecule has 17 heteroatoms. The highest BCUT2D eigenvalue weighted by Gasteiger charge is 2.16. The Balaban J connectivity index is 1.27. The molecule has 0 aliphatic rings. The van der Waals surface area contributed by atoms with Crippen molar-refractivity contribution in [2.24, 2.45) is 0 Å². The Bertz CT molecular complexity index is 2370. The lowest BCUT2D eigenvalue weighted by atomic mass is 10.1. The molecule has 252 valence electrons. The van der Waals surface area contributed by atoms with Gasteiger partial charge in [-0.2, -0.15) is 0 Å². The standard InChI is InChI=1S/C32H26N4O11S2/c37-31-25-11-1-3-13-27(25)33-29(21-7-5-9-23(19-21)46-48(39,40)41)35(31)15-17-45-18-16-36-30(34-28-14-4-2-12-26(28)32(36)38)22-8-6-10-24(20-22)47-49(42,43)44/h1-14,19-20H,15-18H2,(H,39,40,41)(H,42,43,44)/p-2. The van der Waals surface area contributed by atoms with Crippen molar-refractivity contribution in [2.75, 3.05) is 13.2 Å². The minimum Gasteiger partial charge on any atom is -0.716 e. The molecule has 2 aromatic heterocycles. The minimum atomic E-state index is -5.05. The zero-order chi connectivity index (χ0) is 34.8. The van der Waals surface area contributed by atoms with Crippen LogP contribution in [0.3, 0.4) is 0 Å². The Morgan fingerprint density at radius 1 is 0.571 bits per heavy atom. The summed E-state index contributed by atoms with van der Waals surface area (Å²) in [5.74, 6) is -0.176. The van der Waals surface area contributed by atoms with Crippen LogP contribution < -0.4 is 19.5 Å². The zero-order valence-corrected chi connectivity index (χ0v) is 26.8. The van der Waals surface area contributed by atoms with Gasteiger partial charge in [-0.15, -0.1) is 0 Å². The van der Waals surface area contributed by atoms with Crippen molar-refractivity contribution in [3.8, 4) is 34.3 Å². The second kappa shape index (κ2) is 13.6.